The molecule has 0 spiro atoms. The minimum Gasteiger partial charge on any atom is -0.496 e. The first-order valence-corrected chi connectivity index (χ1v) is 8.22. The molecule has 1 aliphatic rings. The van der Waals surface area contributed by atoms with Crippen LogP contribution in [-0.2, 0) is 9.59 Å². The second-order valence-corrected chi connectivity index (χ2v) is 6.03. The summed E-state index contributed by atoms with van der Waals surface area (Å²) >= 11 is 0. The highest BCUT2D eigenvalue weighted by Crippen LogP contribution is 2.18. The van der Waals surface area contributed by atoms with E-state index in [1.54, 1.807) is 23.1 Å². The van der Waals surface area contributed by atoms with E-state index in [0.717, 1.165) is 0 Å². The smallest absolute Gasteiger partial charge is 0.255 e. The number of carbonyl (C=O) groups excluding carboxylic acids is 3. The van der Waals surface area contributed by atoms with Crippen molar-refractivity contribution in [3.05, 3.63) is 29.8 Å². The van der Waals surface area contributed by atoms with Crippen molar-refractivity contribution in [1.82, 2.24) is 10.2 Å². The van der Waals surface area contributed by atoms with E-state index in [0.29, 0.717) is 43.7 Å². The molecule has 0 saturated carbocycles. The standard InChI is InChI=1S/C18H24N2O4/c1-13(21)7-8-17(22)20-11-9-14(10-12-20)19-18(23)15-5-3-4-6-16(15)24-2/h3-6,14H,7-12H2,1-2H3,(H,19,23). The van der Waals surface area contributed by atoms with Gasteiger partial charge in [0.15, 0.2) is 0 Å². The molecule has 2 amide bonds. The van der Waals surface area contributed by atoms with Crippen molar-refractivity contribution in [3.8, 4) is 5.75 Å². The molecular formula is C18H24N2O4. The van der Waals surface area contributed by atoms with Crippen molar-refractivity contribution < 1.29 is 19.1 Å². The van der Waals surface area contributed by atoms with Gasteiger partial charge in [0, 0.05) is 32.0 Å². The number of nitrogens with zero attached hydrogens (tertiary/aromatic N) is 1. The average molecular weight is 332 g/mol. The number of hydrogen-bond acceptors (Lipinski definition) is 4. The van der Waals surface area contributed by atoms with Gasteiger partial charge in [-0.2, -0.15) is 0 Å². The first-order chi connectivity index (χ1) is 11.5. The zero-order valence-electron chi connectivity index (χ0n) is 14.2. The lowest BCUT2D eigenvalue weighted by Gasteiger charge is -2.32. The van der Waals surface area contributed by atoms with Crippen LogP contribution in [0.5, 0.6) is 5.75 Å². The molecule has 1 heterocycles. The molecule has 130 valence electrons. The summed E-state index contributed by atoms with van der Waals surface area (Å²) in [6.07, 6.45) is 2.00. The SMILES string of the molecule is COc1ccccc1C(=O)NC1CCN(C(=O)CCC(C)=O)CC1. The molecule has 6 nitrogen and oxygen atoms in total. The number of benzene rings is 1. The second kappa shape index (κ2) is 8.47. The Morgan fingerprint density at radius 1 is 1.17 bits per heavy atom. The van der Waals surface area contributed by atoms with Crippen molar-refractivity contribution in [2.24, 2.45) is 0 Å². The van der Waals surface area contributed by atoms with Crippen molar-refractivity contribution >= 4 is 17.6 Å². The van der Waals surface area contributed by atoms with Gasteiger partial charge < -0.3 is 19.7 Å². The molecule has 0 bridgehead atoms. The number of ketones is 1. The maximum atomic E-state index is 12.4. The molecule has 2 rings (SSSR count). The van der Waals surface area contributed by atoms with Gasteiger partial charge in [0.05, 0.1) is 12.7 Å². The number of methoxy groups -OCH3 is 1. The molecule has 1 aliphatic heterocycles. The van der Waals surface area contributed by atoms with E-state index in [1.807, 2.05) is 6.07 Å². The first kappa shape index (κ1) is 18.0. The van der Waals surface area contributed by atoms with E-state index in [9.17, 15) is 14.4 Å². The van der Waals surface area contributed by atoms with Crippen molar-refractivity contribution in [2.75, 3.05) is 20.2 Å². The minimum atomic E-state index is -0.159. The summed E-state index contributed by atoms with van der Waals surface area (Å²) in [6.45, 7) is 2.70. The van der Waals surface area contributed by atoms with Gasteiger partial charge in [-0.1, -0.05) is 12.1 Å². The lowest BCUT2D eigenvalue weighted by molar-refractivity contribution is -0.133. The molecular weight excluding hydrogens is 308 g/mol. The van der Waals surface area contributed by atoms with Crippen LogP contribution in [0.4, 0.5) is 0 Å². The zero-order valence-corrected chi connectivity index (χ0v) is 14.2. The van der Waals surface area contributed by atoms with E-state index in [2.05, 4.69) is 5.32 Å². The molecule has 1 saturated heterocycles. The van der Waals surface area contributed by atoms with Crippen LogP contribution in [0.3, 0.4) is 0 Å². The highest BCUT2D eigenvalue weighted by Gasteiger charge is 2.24. The Balaban J connectivity index is 1.83. The van der Waals surface area contributed by atoms with Crippen molar-refractivity contribution in [2.45, 2.75) is 38.6 Å². The quantitative estimate of drug-likeness (QED) is 0.862. The summed E-state index contributed by atoms with van der Waals surface area (Å²) in [4.78, 5) is 37.1. The third-order valence-corrected chi connectivity index (χ3v) is 4.23. The second-order valence-electron chi connectivity index (χ2n) is 6.03. The topological polar surface area (TPSA) is 75.7 Å². The number of Topliss-reactive ketones (excluding diaryl/α,β-unsaturated/α-hetero) is 1. The van der Waals surface area contributed by atoms with Gasteiger partial charge >= 0.3 is 0 Å². The van der Waals surface area contributed by atoms with Crippen LogP contribution in [0.2, 0.25) is 0 Å². The fraction of sp³-hybridized carbons (Fsp3) is 0.500. The highest BCUT2D eigenvalue weighted by molar-refractivity contribution is 5.97. The summed E-state index contributed by atoms with van der Waals surface area (Å²) in [6, 6.07) is 7.15. The van der Waals surface area contributed by atoms with E-state index in [1.165, 1.54) is 14.0 Å². The number of likely N-dealkylation sites (tertiary alicyclic amines) is 1. The van der Waals surface area contributed by atoms with Crippen LogP contribution in [-0.4, -0.2) is 48.7 Å². The summed E-state index contributed by atoms with van der Waals surface area (Å²) in [5.41, 5.74) is 0.514. The Morgan fingerprint density at radius 2 is 1.83 bits per heavy atom. The predicted octanol–water partition coefficient (Wildman–Crippen LogP) is 1.79. The number of piperidine rings is 1. The number of hydrogen-bond donors (Lipinski definition) is 1. The molecule has 0 atom stereocenters. The van der Waals surface area contributed by atoms with Crippen molar-refractivity contribution in [3.63, 3.8) is 0 Å². The Bertz CT molecular complexity index is 607. The molecule has 1 aromatic carbocycles. The predicted molar refractivity (Wildman–Crippen MR) is 90.0 cm³/mol. The Morgan fingerprint density at radius 3 is 2.46 bits per heavy atom. The van der Waals surface area contributed by atoms with Gasteiger partial charge in [-0.05, 0) is 31.9 Å². The molecule has 0 aliphatic carbocycles. The number of para-hydroxylation sites is 1. The molecule has 1 aromatic rings. The van der Waals surface area contributed by atoms with Crippen LogP contribution >= 0.6 is 0 Å². The monoisotopic (exact) mass is 332 g/mol. The lowest BCUT2D eigenvalue weighted by atomic mass is 10.0. The molecule has 0 radical (unpaired) electrons. The average Bonchev–Trinajstić information content (AvgIpc) is 2.60. The van der Waals surface area contributed by atoms with Crippen LogP contribution in [0.25, 0.3) is 0 Å². The van der Waals surface area contributed by atoms with Gasteiger partial charge in [0.1, 0.15) is 11.5 Å². The minimum absolute atomic E-state index is 0.0136. The maximum Gasteiger partial charge on any atom is 0.255 e. The lowest BCUT2D eigenvalue weighted by Crippen LogP contribution is -2.46. The molecule has 0 unspecified atom stereocenters. The van der Waals surface area contributed by atoms with Gasteiger partial charge in [-0.25, -0.2) is 0 Å². The molecule has 24 heavy (non-hydrogen) atoms. The Kier molecular flexibility index (Phi) is 6.35. The number of rotatable bonds is 6. The fourth-order valence-corrected chi connectivity index (χ4v) is 2.81. The van der Waals surface area contributed by atoms with Crippen LogP contribution in [0.1, 0.15) is 43.0 Å². The normalized spacial score (nSPS) is 15.0. The Hall–Kier alpha value is -2.37. The summed E-state index contributed by atoms with van der Waals surface area (Å²) in [5.74, 6) is 0.433. The molecule has 1 fully saturated rings. The van der Waals surface area contributed by atoms with Gasteiger partial charge in [0.25, 0.3) is 5.91 Å². The largest absolute Gasteiger partial charge is 0.496 e. The van der Waals surface area contributed by atoms with E-state index in [-0.39, 0.29) is 30.1 Å². The number of ether oxygens (including phenoxy) is 1. The van der Waals surface area contributed by atoms with E-state index < -0.39 is 0 Å². The van der Waals surface area contributed by atoms with Gasteiger partial charge in [-0.15, -0.1) is 0 Å². The van der Waals surface area contributed by atoms with Crippen LogP contribution in [0, 0.1) is 0 Å². The van der Waals surface area contributed by atoms with Crippen LogP contribution < -0.4 is 10.1 Å². The summed E-state index contributed by atoms with van der Waals surface area (Å²) < 4.78 is 5.21. The van der Waals surface area contributed by atoms with Crippen molar-refractivity contribution in [1.29, 1.82) is 0 Å². The zero-order chi connectivity index (χ0) is 17.5. The third-order valence-electron chi connectivity index (χ3n) is 4.23. The third kappa shape index (κ3) is 4.81. The summed E-state index contributed by atoms with van der Waals surface area (Å²) in [7, 11) is 1.54. The van der Waals surface area contributed by atoms with Crippen LogP contribution in [0.15, 0.2) is 24.3 Å². The number of amides is 2. The highest BCUT2D eigenvalue weighted by atomic mass is 16.5. The molecule has 1 N–H and O–H groups in total. The van der Waals surface area contributed by atoms with Gasteiger partial charge in [0.2, 0.25) is 5.91 Å². The Labute approximate surface area is 142 Å². The maximum absolute atomic E-state index is 12.4. The van der Waals surface area contributed by atoms with Gasteiger partial charge in [-0.3, -0.25) is 9.59 Å². The molecule has 6 heteroatoms. The number of nitrogens with one attached hydrogen (secondary N) is 1. The van der Waals surface area contributed by atoms with E-state index in [4.69, 9.17) is 4.74 Å². The number of carbonyl (C=O) groups is 3. The molecule has 0 aromatic heterocycles. The summed E-state index contributed by atoms with van der Waals surface area (Å²) in [5, 5.41) is 3.01. The fourth-order valence-electron chi connectivity index (χ4n) is 2.81. The first-order valence-electron chi connectivity index (χ1n) is 8.22. The van der Waals surface area contributed by atoms with E-state index >= 15 is 0 Å².